The quantitative estimate of drug-likeness (QED) is 0.348. The van der Waals surface area contributed by atoms with Crippen molar-refractivity contribution < 1.29 is 19.0 Å². The summed E-state index contributed by atoms with van der Waals surface area (Å²) in [5.74, 6) is 0.304. The number of rotatable bonds is 6. The zero-order chi connectivity index (χ0) is 26.9. The van der Waals surface area contributed by atoms with Crippen molar-refractivity contribution in [3.05, 3.63) is 120 Å². The lowest BCUT2D eigenvalue weighted by atomic mass is 9.83. The van der Waals surface area contributed by atoms with E-state index in [-0.39, 0.29) is 18.2 Å². The van der Waals surface area contributed by atoms with Gasteiger partial charge in [0.15, 0.2) is 22.9 Å². The maximum atomic E-state index is 14.0. The first-order valence-corrected chi connectivity index (χ1v) is 13.5. The highest BCUT2D eigenvalue weighted by atomic mass is 32.1. The molecule has 1 aliphatic heterocycles. The second kappa shape index (κ2) is 10.4. The van der Waals surface area contributed by atoms with E-state index >= 15 is 0 Å². The highest BCUT2D eigenvalue weighted by molar-refractivity contribution is 7.07. The molecule has 7 nitrogen and oxygen atoms in total. The van der Waals surface area contributed by atoms with E-state index in [4.69, 9.17) is 19.2 Å². The van der Waals surface area contributed by atoms with Crippen molar-refractivity contribution in [2.75, 3.05) is 20.8 Å². The number of carbonyl (C=O) groups excluding carboxylic acids is 1. The molecular formula is C31H26N2O5S. The first-order chi connectivity index (χ1) is 19.1. The lowest BCUT2D eigenvalue weighted by molar-refractivity contribution is -0.142. The highest BCUT2D eigenvalue weighted by Crippen LogP contribution is 2.41. The third-order valence-electron chi connectivity index (χ3n) is 7.07. The van der Waals surface area contributed by atoms with Gasteiger partial charge < -0.3 is 14.2 Å². The van der Waals surface area contributed by atoms with Gasteiger partial charge in [0, 0.05) is 11.1 Å². The molecular weight excluding hydrogens is 512 g/mol. The molecule has 1 atom stereocenters. The van der Waals surface area contributed by atoms with Gasteiger partial charge >= 0.3 is 5.97 Å². The van der Waals surface area contributed by atoms with E-state index in [2.05, 4.69) is 30.3 Å². The number of para-hydroxylation sites is 1. The number of allylic oxidation sites excluding steroid dienone is 1. The van der Waals surface area contributed by atoms with E-state index in [1.807, 2.05) is 41.0 Å². The molecule has 1 unspecified atom stereocenters. The Morgan fingerprint density at radius 3 is 2.62 bits per heavy atom. The molecule has 0 radical (unpaired) electrons. The Labute approximate surface area is 228 Å². The van der Waals surface area contributed by atoms with Crippen LogP contribution in [0.25, 0.3) is 11.8 Å². The van der Waals surface area contributed by atoms with Crippen LogP contribution in [0.5, 0.6) is 11.5 Å². The molecule has 0 spiro atoms. The molecule has 2 aliphatic rings. The van der Waals surface area contributed by atoms with Crippen LogP contribution in [0.2, 0.25) is 0 Å². The van der Waals surface area contributed by atoms with Crippen LogP contribution in [0.1, 0.15) is 34.7 Å². The molecule has 0 N–H and O–H groups in total. The third-order valence-corrected chi connectivity index (χ3v) is 8.05. The summed E-state index contributed by atoms with van der Waals surface area (Å²) in [6.45, 7) is -0.279. The lowest BCUT2D eigenvalue weighted by Gasteiger charge is -2.30. The van der Waals surface area contributed by atoms with E-state index in [1.54, 1.807) is 12.1 Å². The van der Waals surface area contributed by atoms with Crippen molar-refractivity contribution in [2.45, 2.75) is 18.9 Å². The number of aromatic nitrogens is 1. The van der Waals surface area contributed by atoms with Gasteiger partial charge in [-0.15, -0.1) is 0 Å². The van der Waals surface area contributed by atoms with Crippen LogP contribution in [0.4, 0.5) is 0 Å². The van der Waals surface area contributed by atoms with Crippen LogP contribution in [-0.2, 0) is 16.0 Å². The van der Waals surface area contributed by atoms with Gasteiger partial charge in [-0.3, -0.25) is 9.36 Å². The molecule has 8 heteroatoms. The molecule has 196 valence electrons. The average molecular weight is 539 g/mol. The largest absolute Gasteiger partial charge is 0.493 e. The number of thiazole rings is 1. The third kappa shape index (κ3) is 4.46. The summed E-state index contributed by atoms with van der Waals surface area (Å²) in [5, 5.41) is 0. The van der Waals surface area contributed by atoms with Gasteiger partial charge in [0.05, 0.1) is 30.5 Å². The molecule has 1 aromatic heterocycles. The maximum Gasteiger partial charge on any atom is 0.343 e. The minimum absolute atomic E-state index is 0.125. The van der Waals surface area contributed by atoms with Gasteiger partial charge in [-0.25, -0.2) is 9.79 Å². The van der Waals surface area contributed by atoms with E-state index in [9.17, 15) is 9.59 Å². The summed E-state index contributed by atoms with van der Waals surface area (Å²) < 4.78 is 18.3. The normalized spacial score (nSPS) is 16.1. The van der Waals surface area contributed by atoms with Crippen LogP contribution in [0.15, 0.2) is 88.2 Å². The smallest absolute Gasteiger partial charge is 0.343 e. The molecule has 4 aromatic rings. The molecule has 39 heavy (non-hydrogen) atoms. The standard InChI is InChI=1S/C31H26N2O5S/c1-36-24-14-8-12-21(29(24)38-18-26(34)37-2)17-25-30(35)33-28(20-10-4-3-5-11-20)23-16-15-19-9-6-7-13-22(19)27(23)32-31(33)39-25/h3-14,17,28H,15-16,18H2,1-2H3. The van der Waals surface area contributed by atoms with Crippen molar-refractivity contribution in [1.29, 1.82) is 0 Å². The number of benzene rings is 3. The molecule has 6 rings (SSSR count). The summed E-state index contributed by atoms with van der Waals surface area (Å²) in [7, 11) is 2.83. The average Bonchev–Trinajstić information content (AvgIpc) is 3.29. The number of nitrogens with zero attached hydrogens (tertiary/aromatic N) is 2. The zero-order valence-corrected chi connectivity index (χ0v) is 22.4. The topological polar surface area (TPSA) is 79.1 Å². The lowest BCUT2D eigenvalue weighted by Crippen LogP contribution is -2.38. The molecule has 0 bridgehead atoms. The number of carbonyl (C=O) groups is 1. The van der Waals surface area contributed by atoms with Crippen molar-refractivity contribution >= 4 is 29.1 Å². The minimum atomic E-state index is -0.514. The van der Waals surface area contributed by atoms with Gasteiger partial charge in [0.2, 0.25) is 0 Å². The molecule has 1 aliphatic carbocycles. The predicted octanol–water partition coefficient (Wildman–Crippen LogP) is 3.88. The SMILES string of the molecule is COC(=O)COc1c(C=c2sc3n(c2=O)C(c2ccccc2)C2=C(N=3)c3ccccc3CC2)cccc1OC. The number of ether oxygens (including phenoxy) is 3. The molecule has 0 fully saturated rings. The van der Waals surface area contributed by atoms with E-state index in [0.29, 0.717) is 26.4 Å². The summed E-state index contributed by atoms with van der Waals surface area (Å²) in [6, 6.07) is 23.6. The number of methoxy groups -OCH3 is 2. The minimum Gasteiger partial charge on any atom is -0.493 e. The summed E-state index contributed by atoms with van der Waals surface area (Å²) in [4.78, 5) is 31.5. The fraction of sp³-hybridized carbons (Fsp3) is 0.194. The Morgan fingerprint density at radius 2 is 1.82 bits per heavy atom. The number of esters is 1. The van der Waals surface area contributed by atoms with Crippen LogP contribution in [0.3, 0.4) is 0 Å². The van der Waals surface area contributed by atoms with Gasteiger partial charge in [-0.1, -0.05) is 78.1 Å². The molecule has 0 saturated carbocycles. The zero-order valence-electron chi connectivity index (χ0n) is 21.5. The monoisotopic (exact) mass is 538 g/mol. The number of hydrogen-bond donors (Lipinski definition) is 0. The molecule has 2 heterocycles. The number of fused-ring (bicyclic) bond motifs is 3. The van der Waals surface area contributed by atoms with Gasteiger partial charge in [0.1, 0.15) is 0 Å². The van der Waals surface area contributed by atoms with Gasteiger partial charge in [-0.2, -0.15) is 0 Å². The second-order valence-corrected chi connectivity index (χ2v) is 10.3. The molecule has 0 saturated heterocycles. The van der Waals surface area contributed by atoms with Crippen molar-refractivity contribution in [2.24, 2.45) is 4.99 Å². The number of aryl methyl sites for hydroxylation is 1. The van der Waals surface area contributed by atoms with Crippen LogP contribution in [-0.4, -0.2) is 31.4 Å². The molecule has 3 aromatic carbocycles. The van der Waals surface area contributed by atoms with Gasteiger partial charge in [0.25, 0.3) is 5.56 Å². The number of hydrogen-bond acceptors (Lipinski definition) is 7. The van der Waals surface area contributed by atoms with Crippen molar-refractivity contribution in [3.63, 3.8) is 0 Å². The Morgan fingerprint density at radius 1 is 1.03 bits per heavy atom. The summed E-state index contributed by atoms with van der Waals surface area (Å²) in [6.07, 6.45) is 3.52. The molecule has 0 amide bonds. The van der Waals surface area contributed by atoms with Gasteiger partial charge in [-0.05, 0) is 41.7 Å². The fourth-order valence-electron chi connectivity index (χ4n) is 5.25. The van der Waals surface area contributed by atoms with Crippen LogP contribution in [0, 0.1) is 0 Å². The fourth-order valence-corrected chi connectivity index (χ4v) is 6.24. The predicted molar refractivity (Wildman–Crippen MR) is 150 cm³/mol. The first-order valence-electron chi connectivity index (χ1n) is 12.6. The Balaban J connectivity index is 1.55. The van der Waals surface area contributed by atoms with Crippen molar-refractivity contribution in [3.8, 4) is 11.5 Å². The van der Waals surface area contributed by atoms with Crippen LogP contribution < -0.4 is 24.4 Å². The second-order valence-electron chi connectivity index (χ2n) is 9.27. The Kier molecular flexibility index (Phi) is 6.62. The Bertz CT molecular complexity index is 1790. The first kappa shape index (κ1) is 24.9. The highest BCUT2D eigenvalue weighted by Gasteiger charge is 2.32. The van der Waals surface area contributed by atoms with Crippen molar-refractivity contribution in [1.82, 2.24) is 4.57 Å². The Hall–Kier alpha value is -4.43. The van der Waals surface area contributed by atoms with Crippen LogP contribution >= 0.6 is 11.3 Å². The van der Waals surface area contributed by atoms with E-state index in [0.717, 1.165) is 35.2 Å². The van der Waals surface area contributed by atoms with E-state index in [1.165, 1.54) is 31.1 Å². The maximum absolute atomic E-state index is 14.0. The summed E-state index contributed by atoms with van der Waals surface area (Å²) in [5.41, 5.74) is 6.06. The summed E-state index contributed by atoms with van der Waals surface area (Å²) >= 11 is 1.34. The van der Waals surface area contributed by atoms with E-state index < -0.39 is 5.97 Å².